The number of aromatic carboxylic acids is 2. The van der Waals surface area contributed by atoms with Crippen molar-refractivity contribution in [2.45, 2.75) is 51.6 Å². The number of halogens is 2. The van der Waals surface area contributed by atoms with Crippen molar-refractivity contribution < 1.29 is 28.6 Å². The van der Waals surface area contributed by atoms with Gasteiger partial charge in [-0.2, -0.15) is 0 Å². The molecule has 276 valence electrons. The number of nitrogens with zero attached hydrogens (tertiary/aromatic N) is 6. The fourth-order valence-corrected chi connectivity index (χ4v) is 7.41. The average Bonchev–Trinajstić information content (AvgIpc) is 4.07. The average molecular weight is 757 g/mol. The van der Waals surface area contributed by atoms with Crippen molar-refractivity contribution in [1.82, 2.24) is 18.9 Å². The van der Waals surface area contributed by atoms with Crippen molar-refractivity contribution in [2.75, 3.05) is 75.2 Å². The summed E-state index contributed by atoms with van der Waals surface area (Å²) in [5, 5.41) is 22.8. The van der Waals surface area contributed by atoms with Gasteiger partial charge in [-0.15, -0.1) is 0 Å². The first-order valence-electron chi connectivity index (χ1n) is 18.1. The molecule has 2 aliphatic carbocycles. The van der Waals surface area contributed by atoms with Gasteiger partial charge in [0.2, 0.25) is 0 Å². The molecule has 0 radical (unpaired) electrons. The van der Waals surface area contributed by atoms with E-state index in [9.17, 15) is 38.2 Å². The predicted octanol–water partition coefficient (Wildman–Crippen LogP) is 1.58. The van der Waals surface area contributed by atoms with E-state index < -0.39 is 45.6 Å². The maximum Gasteiger partial charge on any atom is 2.00 e. The number of anilines is 2. The van der Waals surface area contributed by atoms with Crippen LogP contribution in [0.25, 0.3) is 21.8 Å². The minimum absolute atomic E-state index is 0. The van der Waals surface area contributed by atoms with Gasteiger partial charge in [0.05, 0.1) is 45.5 Å². The van der Waals surface area contributed by atoms with Crippen LogP contribution in [-0.4, -0.2) is 134 Å². The molecule has 53 heavy (non-hydrogen) atoms. The van der Waals surface area contributed by atoms with E-state index >= 15 is 0 Å². The summed E-state index contributed by atoms with van der Waals surface area (Å²) in [6, 6.07) is 6.09. The summed E-state index contributed by atoms with van der Waals surface area (Å²) in [7, 11) is 0. The molecule has 0 bridgehead atoms. The molecule has 0 unspecified atom stereocenters. The predicted molar refractivity (Wildman–Crippen MR) is 196 cm³/mol. The van der Waals surface area contributed by atoms with Crippen LogP contribution in [0.1, 0.15) is 72.3 Å². The van der Waals surface area contributed by atoms with Crippen LogP contribution in [0.4, 0.5) is 20.2 Å². The molecule has 8 rings (SSSR count). The zero-order chi connectivity index (χ0) is 36.8. The SMILES string of the molecule is CCN1CCN(c2cc3c(cc2F)c(=O)c(C(=O)[O-])cn3C2CC2)CC1.CCN1CCN(c2cc3c(cc2F)c(=O)c(C(=O)[O-])cn3C2CC2)CC1.[Ca+2]. The molecular formula is C38H42CaF2N6O6. The van der Waals surface area contributed by atoms with Gasteiger partial charge < -0.3 is 48.5 Å². The van der Waals surface area contributed by atoms with Gasteiger partial charge in [0, 0.05) is 87.6 Å². The number of piperazine rings is 2. The smallest absolute Gasteiger partial charge is 0.545 e. The molecule has 0 spiro atoms. The molecule has 0 atom stereocenters. The first-order valence-corrected chi connectivity index (χ1v) is 18.1. The number of carboxylic acids is 2. The van der Waals surface area contributed by atoms with Crippen molar-refractivity contribution in [3.05, 3.63) is 79.9 Å². The monoisotopic (exact) mass is 756 g/mol. The second kappa shape index (κ2) is 16.0. The van der Waals surface area contributed by atoms with E-state index in [1.165, 1.54) is 24.5 Å². The Morgan fingerprint density at radius 2 is 0.962 bits per heavy atom. The first kappa shape index (κ1) is 39.1. The minimum atomic E-state index is -1.52. The second-order valence-electron chi connectivity index (χ2n) is 14.1. The van der Waals surface area contributed by atoms with Crippen molar-refractivity contribution in [2.24, 2.45) is 0 Å². The van der Waals surface area contributed by atoms with E-state index in [-0.39, 0.29) is 60.6 Å². The Hall–Kier alpha value is -3.56. The molecule has 4 heterocycles. The van der Waals surface area contributed by atoms with Gasteiger partial charge in [-0.25, -0.2) is 8.78 Å². The molecule has 15 heteroatoms. The third-order valence-corrected chi connectivity index (χ3v) is 10.8. The van der Waals surface area contributed by atoms with Crippen LogP contribution in [0.5, 0.6) is 0 Å². The largest absolute Gasteiger partial charge is 2.00 e. The van der Waals surface area contributed by atoms with E-state index in [0.29, 0.717) is 22.4 Å². The maximum absolute atomic E-state index is 14.8. The maximum atomic E-state index is 14.8. The molecule has 12 nitrogen and oxygen atoms in total. The Labute approximate surface area is 335 Å². The first-order chi connectivity index (χ1) is 25.0. The molecule has 2 aromatic carbocycles. The number of rotatable bonds is 8. The number of likely N-dealkylation sites (N-methyl/N-ethyl adjacent to an activating group) is 2. The number of aromatic nitrogens is 2. The number of carboxylic acid groups (broad SMARTS) is 2. The van der Waals surface area contributed by atoms with Gasteiger partial charge in [0.25, 0.3) is 0 Å². The van der Waals surface area contributed by atoms with Gasteiger partial charge in [0.15, 0.2) is 10.9 Å². The summed E-state index contributed by atoms with van der Waals surface area (Å²) >= 11 is 0. The quantitative estimate of drug-likeness (QED) is 0.244. The van der Waals surface area contributed by atoms with E-state index in [1.807, 2.05) is 9.80 Å². The van der Waals surface area contributed by atoms with E-state index in [4.69, 9.17) is 0 Å². The molecule has 2 saturated carbocycles. The Balaban J connectivity index is 0.000000178. The van der Waals surface area contributed by atoms with E-state index in [2.05, 4.69) is 23.6 Å². The molecule has 0 N–H and O–H groups in total. The third-order valence-electron chi connectivity index (χ3n) is 10.8. The van der Waals surface area contributed by atoms with Crippen LogP contribution >= 0.6 is 0 Å². The van der Waals surface area contributed by atoms with Crippen LogP contribution < -0.4 is 30.9 Å². The number of benzene rings is 2. The standard InChI is InChI=1S/2C19H22FN3O3.Ca/c2*1-2-21-5-7-22(8-6-21)17-10-16-13(9-15(17)20)18(24)14(19(25)26)11-23(16)12-3-4-12;/h2*9-12H,2-8H2,1H3,(H,25,26);/q;;+2/p-2. The number of carbonyl (C=O) groups excluding carboxylic acids is 2. The van der Waals surface area contributed by atoms with Crippen molar-refractivity contribution >= 4 is 82.9 Å². The molecule has 2 saturated heterocycles. The molecule has 4 aromatic rings. The minimum Gasteiger partial charge on any atom is -0.545 e. The van der Waals surface area contributed by atoms with Gasteiger partial charge in [-0.05, 0) is 63.0 Å². The normalized spacial score (nSPS) is 18.1. The fourth-order valence-electron chi connectivity index (χ4n) is 7.41. The van der Waals surface area contributed by atoms with Crippen molar-refractivity contribution in [3.63, 3.8) is 0 Å². The summed E-state index contributed by atoms with van der Waals surface area (Å²) in [6.07, 6.45) is 6.40. The summed E-state index contributed by atoms with van der Waals surface area (Å²) in [5.74, 6) is -4.02. The Morgan fingerprint density at radius 1 is 0.623 bits per heavy atom. The van der Waals surface area contributed by atoms with Gasteiger partial charge in [0.1, 0.15) is 11.6 Å². The Morgan fingerprint density at radius 3 is 1.25 bits per heavy atom. The fraction of sp³-hybridized carbons (Fsp3) is 0.474. The summed E-state index contributed by atoms with van der Waals surface area (Å²) in [4.78, 5) is 56.1. The van der Waals surface area contributed by atoms with Gasteiger partial charge >= 0.3 is 37.7 Å². The van der Waals surface area contributed by atoms with Gasteiger partial charge in [-0.3, -0.25) is 9.59 Å². The van der Waals surface area contributed by atoms with E-state index in [0.717, 1.165) is 91.1 Å². The molecule has 4 fully saturated rings. The molecule has 0 amide bonds. The van der Waals surface area contributed by atoms with Gasteiger partial charge in [-0.1, -0.05) is 13.8 Å². The Kier molecular flexibility index (Phi) is 11.8. The van der Waals surface area contributed by atoms with Crippen LogP contribution in [0.15, 0.2) is 46.2 Å². The molecule has 4 aliphatic rings. The number of pyridine rings is 2. The van der Waals surface area contributed by atoms with Crippen LogP contribution in [-0.2, 0) is 0 Å². The van der Waals surface area contributed by atoms with Crippen molar-refractivity contribution in [3.8, 4) is 0 Å². The molecule has 2 aliphatic heterocycles. The number of carbonyl (C=O) groups is 2. The number of fused-ring (bicyclic) bond motifs is 2. The third kappa shape index (κ3) is 7.98. The van der Waals surface area contributed by atoms with Crippen LogP contribution in [0, 0.1) is 11.6 Å². The second-order valence-corrected chi connectivity index (χ2v) is 14.1. The zero-order valence-corrected chi connectivity index (χ0v) is 32.3. The number of hydrogen-bond donors (Lipinski definition) is 0. The summed E-state index contributed by atoms with van der Waals surface area (Å²) in [6.45, 7) is 12.5. The number of hydrogen-bond acceptors (Lipinski definition) is 10. The van der Waals surface area contributed by atoms with Crippen molar-refractivity contribution in [1.29, 1.82) is 0 Å². The molecule has 2 aromatic heterocycles. The van der Waals surface area contributed by atoms with E-state index in [1.54, 1.807) is 21.3 Å². The Bertz CT molecular complexity index is 2020. The summed E-state index contributed by atoms with van der Waals surface area (Å²) in [5.41, 5.74) is -0.0438. The topological polar surface area (TPSA) is 137 Å². The zero-order valence-electron chi connectivity index (χ0n) is 30.1. The van der Waals surface area contributed by atoms with Crippen LogP contribution in [0.2, 0.25) is 0 Å². The van der Waals surface area contributed by atoms with Crippen LogP contribution in [0.3, 0.4) is 0 Å². The molecular weight excluding hydrogens is 715 g/mol. The summed E-state index contributed by atoms with van der Waals surface area (Å²) < 4.78 is 33.2.